The molecule has 1 amide bonds. The maximum atomic E-state index is 12.2. The molecular formula is C14H22BrN3O. The summed E-state index contributed by atoms with van der Waals surface area (Å²) in [6.07, 6.45) is 3.77. The van der Waals surface area contributed by atoms with Gasteiger partial charge in [-0.25, -0.2) is 4.98 Å². The fourth-order valence-corrected chi connectivity index (χ4v) is 2.10. The zero-order valence-corrected chi connectivity index (χ0v) is 13.5. The van der Waals surface area contributed by atoms with E-state index in [0.717, 1.165) is 17.3 Å². The number of carbonyl (C=O) groups is 1. The first-order valence-electron chi connectivity index (χ1n) is 6.58. The molecular weight excluding hydrogens is 306 g/mol. The van der Waals surface area contributed by atoms with Crippen molar-refractivity contribution in [1.29, 1.82) is 0 Å². The predicted octanol–water partition coefficient (Wildman–Crippen LogP) is 3.44. The number of halogens is 1. The van der Waals surface area contributed by atoms with Crippen LogP contribution in [0.15, 0.2) is 16.7 Å². The van der Waals surface area contributed by atoms with Crippen LogP contribution in [0.1, 0.15) is 44.0 Å². The van der Waals surface area contributed by atoms with Crippen LogP contribution in [0.3, 0.4) is 0 Å². The second-order valence-electron chi connectivity index (χ2n) is 5.15. The predicted molar refractivity (Wildman–Crippen MR) is 82.5 cm³/mol. The number of nitrogens with zero attached hydrogens (tertiary/aromatic N) is 1. The van der Waals surface area contributed by atoms with Crippen molar-refractivity contribution in [2.45, 2.75) is 39.7 Å². The topological polar surface area (TPSA) is 54.0 Å². The number of amides is 1. The Hall–Kier alpha value is -1.10. The molecule has 0 bridgehead atoms. The number of anilines is 1. The fourth-order valence-electron chi connectivity index (χ4n) is 1.77. The van der Waals surface area contributed by atoms with Gasteiger partial charge in [0.1, 0.15) is 5.82 Å². The van der Waals surface area contributed by atoms with Crippen molar-refractivity contribution in [3.63, 3.8) is 0 Å². The largest absolute Gasteiger partial charge is 0.372 e. The number of aromatic nitrogens is 1. The summed E-state index contributed by atoms with van der Waals surface area (Å²) >= 11 is 3.34. The van der Waals surface area contributed by atoms with Crippen molar-refractivity contribution < 1.29 is 4.79 Å². The molecule has 0 aliphatic rings. The summed E-state index contributed by atoms with van der Waals surface area (Å²) in [6.45, 7) is 6.41. The van der Waals surface area contributed by atoms with Crippen LogP contribution >= 0.6 is 15.9 Å². The molecule has 0 saturated carbocycles. The average Bonchev–Trinajstić information content (AvgIpc) is 2.36. The number of carbonyl (C=O) groups excluding carboxylic acids is 1. The van der Waals surface area contributed by atoms with Gasteiger partial charge in [0.2, 0.25) is 0 Å². The Bertz CT molecular complexity index is 435. The molecule has 1 heterocycles. The van der Waals surface area contributed by atoms with Crippen LogP contribution < -0.4 is 10.6 Å². The molecule has 1 aromatic rings. The van der Waals surface area contributed by atoms with Crippen LogP contribution in [0, 0.1) is 5.92 Å². The van der Waals surface area contributed by atoms with Gasteiger partial charge in [-0.3, -0.25) is 4.79 Å². The van der Waals surface area contributed by atoms with E-state index in [0.29, 0.717) is 17.3 Å². The Morgan fingerprint density at radius 2 is 2.05 bits per heavy atom. The number of hydrogen-bond donors (Lipinski definition) is 2. The number of rotatable bonds is 6. The minimum absolute atomic E-state index is 0.0885. The Labute approximate surface area is 123 Å². The van der Waals surface area contributed by atoms with E-state index in [1.807, 2.05) is 6.92 Å². The minimum atomic E-state index is -0.0885. The smallest absolute Gasteiger partial charge is 0.255 e. The van der Waals surface area contributed by atoms with Crippen LogP contribution in [0.2, 0.25) is 0 Å². The highest BCUT2D eigenvalue weighted by atomic mass is 79.9. The lowest BCUT2D eigenvalue weighted by atomic mass is 10.0. The molecule has 1 atom stereocenters. The zero-order chi connectivity index (χ0) is 14.4. The van der Waals surface area contributed by atoms with Gasteiger partial charge in [-0.05, 0) is 47.7 Å². The number of nitrogens with one attached hydrogen (secondary N) is 2. The van der Waals surface area contributed by atoms with Gasteiger partial charge in [-0.15, -0.1) is 0 Å². The first-order valence-corrected chi connectivity index (χ1v) is 7.37. The van der Waals surface area contributed by atoms with Crippen molar-refractivity contribution >= 4 is 27.7 Å². The molecule has 106 valence electrons. The van der Waals surface area contributed by atoms with Gasteiger partial charge in [0.05, 0.1) is 5.56 Å². The lowest BCUT2D eigenvalue weighted by molar-refractivity contribution is 0.0937. The molecule has 0 saturated heterocycles. The average molecular weight is 328 g/mol. The van der Waals surface area contributed by atoms with E-state index in [9.17, 15) is 4.79 Å². The van der Waals surface area contributed by atoms with Gasteiger partial charge in [0.15, 0.2) is 0 Å². The molecule has 5 heteroatoms. The standard InChI is InChI=1S/C14H22BrN3O/c1-9(2)5-6-10(3)18-14(19)12-7-11(15)8-17-13(12)16-4/h7-10H,5-6H2,1-4H3,(H,16,17)(H,18,19). The summed E-state index contributed by atoms with van der Waals surface area (Å²) in [4.78, 5) is 16.4. The first-order chi connectivity index (χ1) is 8.93. The Morgan fingerprint density at radius 3 is 2.63 bits per heavy atom. The van der Waals surface area contributed by atoms with Crippen molar-refractivity contribution in [2.75, 3.05) is 12.4 Å². The van der Waals surface area contributed by atoms with Gasteiger partial charge in [-0.1, -0.05) is 13.8 Å². The molecule has 0 radical (unpaired) electrons. The SMILES string of the molecule is CNc1ncc(Br)cc1C(=O)NC(C)CCC(C)C. The highest BCUT2D eigenvalue weighted by molar-refractivity contribution is 9.10. The van der Waals surface area contributed by atoms with E-state index in [4.69, 9.17) is 0 Å². The summed E-state index contributed by atoms with van der Waals surface area (Å²) in [7, 11) is 1.76. The molecule has 4 nitrogen and oxygen atoms in total. The highest BCUT2D eigenvalue weighted by Crippen LogP contribution is 2.18. The molecule has 0 aromatic carbocycles. The molecule has 1 rings (SSSR count). The first kappa shape index (κ1) is 16.0. The second-order valence-corrected chi connectivity index (χ2v) is 6.06. The van der Waals surface area contributed by atoms with Gasteiger partial charge in [-0.2, -0.15) is 0 Å². The van der Waals surface area contributed by atoms with Crippen LogP contribution in [0.5, 0.6) is 0 Å². The summed E-state index contributed by atoms with van der Waals surface area (Å²) in [5.74, 6) is 1.16. The molecule has 0 aliphatic heterocycles. The van der Waals surface area contributed by atoms with E-state index in [-0.39, 0.29) is 11.9 Å². The van der Waals surface area contributed by atoms with E-state index in [1.165, 1.54) is 0 Å². The van der Waals surface area contributed by atoms with Crippen molar-refractivity contribution in [1.82, 2.24) is 10.3 Å². The maximum absolute atomic E-state index is 12.2. The summed E-state index contributed by atoms with van der Waals surface area (Å²) in [5, 5.41) is 5.95. The molecule has 0 spiro atoms. The van der Waals surface area contributed by atoms with Gasteiger partial charge in [0, 0.05) is 23.8 Å². The number of pyridine rings is 1. The summed E-state index contributed by atoms with van der Waals surface area (Å²) in [5.41, 5.74) is 0.563. The lowest BCUT2D eigenvalue weighted by Gasteiger charge is -2.16. The molecule has 1 aromatic heterocycles. The van der Waals surface area contributed by atoms with E-state index in [1.54, 1.807) is 19.3 Å². The fraction of sp³-hybridized carbons (Fsp3) is 0.571. The Kier molecular flexibility index (Phi) is 6.28. The Morgan fingerprint density at radius 1 is 1.37 bits per heavy atom. The van der Waals surface area contributed by atoms with E-state index in [2.05, 4.69) is 45.4 Å². The van der Waals surface area contributed by atoms with Crippen molar-refractivity contribution in [2.24, 2.45) is 5.92 Å². The van der Waals surface area contributed by atoms with Crippen molar-refractivity contribution in [3.05, 3.63) is 22.3 Å². The Balaban J connectivity index is 2.69. The van der Waals surface area contributed by atoms with Crippen LogP contribution in [-0.4, -0.2) is 24.0 Å². The number of hydrogen-bond acceptors (Lipinski definition) is 3. The molecule has 1 unspecified atom stereocenters. The third-order valence-electron chi connectivity index (χ3n) is 2.89. The molecule has 0 aliphatic carbocycles. The second kappa shape index (κ2) is 7.48. The van der Waals surface area contributed by atoms with Gasteiger partial charge < -0.3 is 10.6 Å². The van der Waals surface area contributed by atoms with Gasteiger partial charge in [0.25, 0.3) is 5.91 Å². The minimum Gasteiger partial charge on any atom is -0.372 e. The third kappa shape index (κ3) is 5.19. The summed E-state index contributed by atoms with van der Waals surface area (Å²) in [6, 6.07) is 1.95. The van der Waals surface area contributed by atoms with Gasteiger partial charge >= 0.3 is 0 Å². The molecule has 19 heavy (non-hydrogen) atoms. The van der Waals surface area contributed by atoms with Crippen LogP contribution in [0.4, 0.5) is 5.82 Å². The van der Waals surface area contributed by atoms with Crippen LogP contribution in [0.25, 0.3) is 0 Å². The van der Waals surface area contributed by atoms with Crippen LogP contribution in [-0.2, 0) is 0 Å². The van der Waals surface area contributed by atoms with E-state index < -0.39 is 0 Å². The van der Waals surface area contributed by atoms with Crippen molar-refractivity contribution in [3.8, 4) is 0 Å². The normalized spacial score (nSPS) is 12.3. The quantitative estimate of drug-likeness (QED) is 0.841. The molecule has 0 fully saturated rings. The molecule has 2 N–H and O–H groups in total. The van der Waals surface area contributed by atoms with E-state index >= 15 is 0 Å². The lowest BCUT2D eigenvalue weighted by Crippen LogP contribution is -2.33. The monoisotopic (exact) mass is 327 g/mol. The third-order valence-corrected chi connectivity index (χ3v) is 3.32. The highest BCUT2D eigenvalue weighted by Gasteiger charge is 2.15. The maximum Gasteiger partial charge on any atom is 0.255 e. The summed E-state index contributed by atoms with van der Waals surface area (Å²) < 4.78 is 0.798. The zero-order valence-electron chi connectivity index (χ0n) is 12.0.